The molecule has 0 saturated heterocycles. The number of hydrogen-bond acceptors (Lipinski definition) is 1. The van der Waals surface area contributed by atoms with Crippen LogP contribution in [0.25, 0.3) is 0 Å². The molecule has 1 saturated carbocycles. The van der Waals surface area contributed by atoms with E-state index in [1.807, 2.05) is 6.92 Å². The molecule has 0 aliphatic heterocycles. The van der Waals surface area contributed by atoms with E-state index >= 15 is 0 Å². The van der Waals surface area contributed by atoms with Gasteiger partial charge in [-0.1, -0.05) is 20.3 Å². The summed E-state index contributed by atoms with van der Waals surface area (Å²) in [4.78, 5) is 0. The van der Waals surface area contributed by atoms with Gasteiger partial charge in [0, 0.05) is 6.42 Å². The van der Waals surface area contributed by atoms with Crippen molar-refractivity contribution in [1.82, 2.24) is 0 Å². The molecule has 0 spiro atoms. The quantitative estimate of drug-likeness (QED) is 0.790. The molecule has 0 amide bonds. The summed E-state index contributed by atoms with van der Waals surface area (Å²) < 4.78 is 36.1. The lowest BCUT2D eigenvalue weighted by Gasteiger charge is -2.41. The van der Waals surface area contributed by atoms with Crippen molar-refractivity contribution in [1.29, 1.82) is 0 Å². The first-order valence-corrected chi connectivity index (χ1v) is 6.02. The molecule has 3 unspecified atom stereocenters. The lowest BCUT2D eigenvalue weighted by atomic mass is 9.70. The minimum Gasteiger partial charge on any atom is -0.390 e. The summed E-state index contributed by atoms with van der Waals surface area (Å²) in [5.41, 5.74) is -0.872. The topological polar surface area (TPSA) is 20.2 Å². The molecule has 96 valence electrons. The predicted molar refractivity (Wildman–Crippen MR) is 57.0 cm³/mol. The minimum absolute atomic E-state index is 0.0388. The molecule has 4 heteroatoms. The first kappa shape index (κ1) is 13.8. The van der Waals surface area contributed by atoms with Crippen LogP contribution in [0.3, 0.4) is 0 Å². The zero-order valence-corrected chi connectivity index (χ0v) is 9.98. The van der Waals surface area contributed by atoms with Gasteiger partial charge in [-0.3, -0.25) is 0 Å². The molecule has 0 bridgehead atoms. The Balaban J connectivity index is 2.43. The lowest BCUT2D eigenvalue weighted by molar-refractivity contribution is -0.140. The van der Waals surface area contributed by atoms with Gasteiger partial charge < -0.3 is 5.11 Å². The van der Waals surface area contributed by atoms with E-state index < -0.39 is 18.2 Å². The van der Waals surface area contributed by atoms with Crippen LogP contribution < -0.4 is 0 Å². The standard InChI is InChI=1S/C12H21F3O/c1-9-4-5-10(2)11(16,8-9)6-3-7-12(13,14)15/h9-10,16H,3-8H2,1-2H3. The third-order valence-electron chi connectivity index (χ3n) is 3.78. The van der Waals surface area contributed by atoms with Crippen LogP contribution in [0.15, 0.2) is 0 Å². The average Bonchev–Trinajstić information content (AvgIpc) is 2.09. The van der Waals surface area contributed by atoms with Gasteiger partial charge in [0.2, 0.25) is 0 Å². The third kappa shape index (κ3) is 3.96. The van der Waals surface area contributed by atoms with E-state index in [0.29, 0.717) is 12.3 Å². The van der Waals surface area contributed by atoms with E-state index in [2.05, 4.69) is 6.92 Å². The Morgan fingerprint density at radius 2 is 1.88 bits per heavy atom. The molecule has 0 heterocycles. The lowest BCUT2D eigenvalue weighted by Crippen LogP contribution is -2.41. The molecule has 0 aromatic rings. The molecule has 1 N–H and O–H groups in total. The van der Waals surface area contributed by atoms with Gasteiger partial charge in [0.15, 0.2) is 0 Å². The van der Waals surface area contributed by atoms with Gasteiger partial charge in [0.25, 0.3) is 0 Å². The summed E-state index contributed by atoms with van der Waals surface area (Å²) in [6, 6.07) is 0. The van der Waals surface area contributed by atoms with Crippen LogP contribution in [0.2, 0.25) is 0 Å². The van der Waals surface area contributed by atoms with Crippen molar-refractivity contribution in [3.05, 3.63) is 0 Å². The number of aliphatic hydroxyl groups is 1. The molecule has 1 fully saturated rings. The molecule has 1 nitrogen and oxygen atoms in total. The highest BCUT2D eigenvalue weighted by atomic mass is 19.4. The molecular weight excluding hydrogens is 217 g/mol. The van der Waals surface area contributed by atoms with Crippen molar-refractivity contribution >= 4 is 0 Å². The van der Waals surface area contributed by atoms with Crippen molar-refractivity contribution in [2.45, 2.75) is 64.1 Å². The summed E-state index contributed by atoms with van der Waals surface area (Å²) in [5.74, 6) is 0.545. The summed E-state index contributed by atoms with van der Waals surface area (Å²) in [6.45, 7) is 4.00. The van der Waals surface area contributed by atoms with Crippen LogP contribution in [0.4, 0.5) is 13.2 Å². The van der Waals surface area contributed by atoms with Gasteiger partial charge in [-0.25, -0.2) is 0 Å². The fraction of sp³-hybridized carbons (Fsp3) is 1.00. The van der Waals surface area contributed by atoms with E-state index in [9.17, 15) is 18.3 Å². The van der Waals surface area contributed by atoms with Gasteiger partial charge in [-0.2, -0.15) is 13.2 Å². The van der Waals surface area contributed by atoms with E-state index in [0.717, 1.165) is 12.8 Å². The van der Waals surface area contributed by atoms with Crippen LogP contribution in [0.1, 0.15) is 52.4 Å². The largest absolute Gasteiger partial charge is 0.390 e. The fourth-order valence-corrected chi connectivity index (χ4v) is 2.65. The third-order valence-corrected chi connectivity index (χ3v) is 3.78. The van der Waals surface area contributed by atoms with E-state index in [-0.39, 0.29) is 18.8 Å². The van der Waals surface area contributed by atoms with Crippen molar-refractivity contribution in [3.8, 4) is 0 Å². The van der Waals surface area contributed by atoms with Crippen molar-refractivity contribution in [2.75, 3.05) is 0 Å². The summed E-state index contributed by atoms with van der Waals surface area (Å²) in [6.07, 6.45) is -1.93. The van der Waals surface area contributed by atoms with Gasteiger partial charge in [-0.05, 0) is 37.5 Å². The minimum atomic E-state index is -4.10. The van der Waals surface area contributed by atoms with Crippen LogP contribution in [0, 0.1) is 11.8 Å². The van der Waals surface area contributed by atoms with E-state index in [4.69, 9.17) is 0 Å². The Kier molecular flexibility index (Phi) is 4.27. The predicted octanol–water partition coefficient (Wildman–Crippen LogP) is 3.91. The molecule has 1 rings (SSSR count). The number of alkyl halides is 3. The Hall–Kier alpha value is -0.250. The first-order chi connectivity index (χ1) is 7.23. The van der Waals surface area contributed by atoms with Gasteiger partial charge in [0.1, 0.15) is 0 Å². The highest BCUT2D eigenvalue weighted by Gasteiger charge is 2.39. The maximum atomic E-state index is 12.0. The molecular formula is C12H21F3O. The summed E-state index contributed by atoms with van der Waals surface area (Å²) in [5, 5.41) is 10.3. The van der Waals surface area contributed by atoms with Crippen LogP contribution in [0.5, 0.6) is 0 Å². The molecule has 0 aromatic heterocycles. The van der Waals surface area contributed by atoms with Gasteiger partial charge >= 0.3 is 6.18 Å². The number of halogens is 3. The first-order valence-electron chi connectivity index (χ1n) is 6.02. The van der Waals surface area contributed by atoms with E-state index in [1.165, 1.54) is 0 Å². The Morgan fingerprint density at radius 3 is 2.44 bits per heavy atom. The normalized spacial score (nSPS) is 36.4. The smallest absolute Gasteiger partial charge is 0.389 e. The Morgan fingerprint density at radius 1 is 1.25 bits per heavy atom. The zero-order valence-electron chi connectivity index (χ0n) is 9.98. The molecule has 16 heavy (non-hydrogen) atoms. The second-order valence-corrected chi connectivity index (χ2v) is 5.36. The monoisotopic (exact) mass is 238 g/mol. The van der Waals surface area contributed by atoms with Crippen LogP contribution in [-0.2, 0) is 0 Å². The molecule has 0 aromatic carbocycles. The van der Waals surface area contributed by atoms with Crippen molar-refractivity contribution in [3.63, 3.8) is 0 Å². The van der Waals surface area contributed by atoms with Gasteiger partial charge in [-0.15, -0.1) is 0 Å². The zero-order chi connectivity index (χ0) is 12.4. The highest BCUT2D eigenvalue weighted by molar-refractivity contribution is 4.90. The SMILES string of the molecule is CC1CCC(C)C(O)(CCCC(F)(F)F)C1. The van der Waals surface area contributed by atoms with Crippen LogP contribution >= 0.6 is 0 Å². The molecule has 3 atom stereocenters. The number of rotatable bonds is 3. The molecule has 1 aliphatic rings. The molecule has 1 aliphatic carbocycles. The maximum Gasteiger partial charge on any atom is 0.389 e. The maximum absolute atomic E-state index is 12.0. The molecule has 0 radical (unpaired) electrons. The number of hydrogen-bond donors (Lipinski definition) is 1. The summed E-state index contributed by atoms with van der Waals surface area (Å²) >= 11 is 0. The van der Waals surface area contributed by atoms with Gasteiger partial charge in [0.05, 0.1) is 5.60 Å². The highest BCUT2D eigenvalue weighted by Crippen LogP contribution is 2.40. The van der Waals surface area contributed by atoms with Crippen molar-refractivity contribution < 1.29 is 18.3 Å². The van der Waals surface area contributed by atoms with Crippen LogP contribution in [-0.4, -0.2) is 16.9 Å². The average molecular weight is 238 g/mol. The second-order valence-electron chi connectivity index (χ2n) is 5.36. The fourth-order valence-electron chi connectivity index (χ4n) is 2.65. The summed E-state index contributed by atoms with van der Waals surface area (Å²) in [7, 11) is 0. The Labute approximate surface area is 95.0 Å². The van der Waals surface area contributed by atoms with E-state index in [1.54, 1.807) is 0 Å². The second kappa shape index (κ2) is 4.94. The van der Waals surface area contributed by atoms with Crippen molar-refractivity contribution in [2.24, 2.45) is 11.8 Å². The Bertz CT molecular complexity index is 227.